The molecular formula is C24H26FNO2. The largest absolute Gasteiger partial charge is 0.493 e. The molecule has 1 N–H and O–H groups in total. The number of ether oxygens (including phenoxy) is 1. The van der Waals surface area contributed by atoms with Crippen LogP contribution < -0.4 is 4.74 Å². The normalized spacial score (nSPS) is 18.5. The van der Waals surface area contributed by atoms with Crippen molar-refractivity contribution in [2.24, 2.45) is 5.92 Å². The number of hydrogen-bond acceptors (Lipinski definition) is 3. The molecule has 0 fully saturated rings. The molecule has 3 nitrogen and oxygen atoms in total. The predicted octanol–water partition coefficient (Wildman–Crippen LogP) is 5.26. The van der Waals surface area contributed by atoms with E-state index in [9.17, 15) is 9.50 Å². The van der Waals surface area contributed by atoms with Crippen LogP contribution in [0, 0.1) is 11.7 Å². The number of aromatic nitrogens is 1. The first kappa shape index (κ1) is 18.9. The highest BCUT2D eigenvalue weighted by molar-refractivity contribution is 5.81. The van der Waals surface area contributed by atoms with E-state index in [-0.39, 0.29) is 17.7 Å². The Hall–Kier alpha value is -2.46. The third-order valence-electron chi connectivity index (χ3n) is 6.05. The minimum absolute atomic E-state index is 0.0549. The van der Waals surface area contributed by atoms with E-state index in [2.05, 4.69) is 24.9 Å². The maximum Gasteiger partial charge on any atom is 0.123 e. The molecule has 4 heteroatoms. The molecule has 1 aliphatic heterocycles. The number of fused-ring (bicyclic) bond motifs is 2. The van der Waals surface area contributed by atoms with Gasteiger partial charge in [0, 0.05) is 23.6 Å². The number of nitrogens with zero attached hydrogens (tertiary/aromatic N) is 1. The average Bonchev–Trinajstić information content (AvgIpc) is 2.69. The first-order valence-corrected chi connectivity index (χ1v) is 9.93. The highest BCUT2D eigenvalue weighted by atomic mass is 19.1. The fraction of sp³-hybridized carbons (Fsp3) is 0.375. The van der Waals surface area contributed by atoms with Crippen LogP contribution in [-0.2, 0) is 6.42 Å². The molecule has 3 aromatic rings. The smallest absolute Gasteiger partial charge is 0.123 e. The van der Waals surface area contributed by atoms with Gasteiger partial charge in [0.25, 0.3) is 0 Å². The van der Waals surface area contributed by atoms with Crippen molar-refractivity contribution in [3.8, 4) is 5.75 Å². The van der Waals surface area contributed by atoms with Crippen LogP contribution in [0.5, 0.6) is 5.75 Å². The van der Waals surface area contributed by atoms with Crippen molar-refractivity contribution in [3.63, 3.8) is 0 Å². The van der Waals surface area contributed by atoms with Gasteiger partial charge in [-0.05, 0) is 60.6 Å². The molecule has 0 radical (unpaired) electrons. The second-order valence-corrected chi connectivity index (χ2v) is 8.14. The highest BCUT2D eigenvalue weighted by Crippen LogP contribution is 2.42. The Morgan fingerprint density at radius 2 is 2.04 bits per heavy atom. The molecule has 4 rings (SSSR count). The quantitative estimate of drug-likeness (QED) is 0.657. The van der Waals surface area contributed by atoms with Crippen LogP contribution >= 0.6 is 0 Å². The standard InChI is InChI=1S/C24H26FNO2/c1-16(2)24(27,14-17-9-11-26-22-6-4-3-5-20(17)22)15-18-10-12-28-23-8-7-19(25)13-21(18)23/h3-9,11,13,16,18,27H,10,12,14-15H2,1-2H3. The summed E-state index contributed by atoms with van der Waals surface area (Å²) in [5.41, 5.74) is 1.98. The van der Waals surface area contributed by atoms with E-state index in [1.807, 2.05) is 24.3 Å². The molecule has 2 heterocycles. The average molecular weight is 379 g/mol. The number of hydrogen-bond donors (Lipinski definition) is 1. The molecular weight excluding hydrogens is 353 g/mol. The van der Waals surface area contributed by atoms with Gasteiger partial charge in [0.2, 0.25) is 0 Å². The Kier molecular flexibility index (Phi) is 5.07. The van der Waals surface area contributed by atoms with Crippen LogP contribution in [0.1, 0.15) is 43.7 Å². The van der Waals surface area contributed by atoms with E-state index in [1.165, 1.54) is 6.07 Å². The number of benzene rings is 2. The molecule has 1 aromatic heterocycles. The van der Waals surface area contributed by atoms with Crippen molar-refractivity contribution in [3.05, 3.63) is 71.7 Å². The van der Waals surface area contributed by atoms with Crippen molar-refractivity contribution in [2.45, 2.75) is 44.6 Å². The van der Waals surface area contributed by atoms with Crippen molar-refractivity contribution < 1.29 is 14.2 Å². The third kappa shape index (κ3) is 3.61. The minimum Gasteiger partial charge on any atom is -0.493 e. The maximum absolute atomic E-state index is 13.9. The summed E-state index contributed by atoms with van der Waals surface area (Å²) >= 11 is 0. The van der Waals surface area contributed by atoms with Crippen LogP contribution in [0.4, 0.5) is 4.39 Å². The lowest BCUT2D eigenvalue weighted by Gasteiger charge is -2.38. The van der Waals surface area contributed by atoms with Crippen molar-refractivity contribution in [2.75, 3.05) is 6.61 Å². The van der Waals surface area contributed by atoms with Gasteiger partial charge in [-0.1, -0.05) is 32.0 Å². The van der Waals surface area contributed by atoms with E-state index >= 15 is 0 Å². The number of halogens is 1. The molecule has 28 heavy (non-hydrogen) atoms. The van der Waals surface area contributed by atoms with Gasteiger partial charge in [0.05, 0.1) is 17.7 Å². The Morgan fingerprint density at radius 1 is 1.21 bits per heavy atom. The van der Waals surface area contributed by atoms with E-state index < -0.39 is 5.60 Å². The Bertz CT molecular complexity index is 982. The van der Waals surface area contributed by atoms with Crippen LogP contribution in [-0.4, -0.2) is 22.3 Å². The topological polar surface area (TPSA) is 42.4 Å². The zero-order chi connectivity index (χ0) is 19.7. The van der Waals surface area contributed by atoms with Crippen LogP contribution in [0.25, 0.3) is 10.9 Å². The first-order valence-electron chi connectivity index (χ1n) is 9.93. The second-order valence-electron chi connectivity index (χ2n) is 8.14. The number of rotatable bonds is 5. The zero-order valence-corrected chi connectivity index (χ0v) is 16.4. The maximum atomic E-state index is 13.9. The molecule has 0 saturated carbocycles. The van der Waals surface area contributed by atoms with E-state index in [1.54, 1.807) is 18.3 Å². The van der Waals surface area contributed by atoms with Crippen molar-refractivity contribution in [1.82, 2.24) is 4.98 Å². The summed E-state index contributed by atoms with van der Waals surface area (Å²) < 4.78 is 19.6. The monoisotopic (exact) mass is 379 g/mol. The second kappa shape index (κ2) is 7.51. The minimum atomic E-state index is -0.907. The molecule has 146 valence electrons. The molecule has 2 unspecified atom stereocenters. The molecule has 0 bridgehead atoms. The van der Waals surface area contributed by atoms with E-state index in [4.69, 9.17) is 4.74 Å². The van der Waals surface area contributed by atoms with Crippen molar-refractivity contribution >= 4 is 10.9 Å². The summed E-state index contributed by atoms with van der Waals surface area (Å²) in [6.07, 6.45) is 3.69. The summed E-state index contributed by atoms with van der Waals surface area (Å²) in [5, 5.41) is 12.8. The van der Waals surface area contributed by atoms with Gasteiger partial charge in [-0.15, -0.1) is 0 Å². The lowest BCUT2D eigenvalue weighted by Crippen LogP contribution is -2.40. The lowest BCUT2D eigenvalue weighted by atomic mass is 9.74. The van der Waals surface area contributed by atoms with Crippen LogP contribution in [0.15, 0.2) is 54.7 Å². The molecule has 0 spiro atoms. The van der Waals surface area contributed by atoms with Gasteiger partial charge in [-0.2, -0.15) is 0 Å². The van der Waals surface area contributed by atoms with Crippen LogP contribution in [0.3, 0.4) is 0 Å². The van der Waals surface area contributed by atoms with Crippen molar-refractivity contribution in [1.29, 1.82) is 0 Å². The van der Waals surface area contributed by atoms with E-state index in [0.717, 1.165) is 34.2 Å². The summed E-state index contributed by atoms with van der Waals surface area (Å²) in [5.74, 6) is 0.597. The molecule has 0 saturated heterocycles. The van der Waals surface area contributed by atoms with E-state index in [0.29, 0.717) is 19.4 Å². The summed E-state index contributed by atoms with van der Waals surface area (Å²) in [6, 6.07) is 14.7. The lowest BCUT2D eigenvalue weighted by molar-refractivity contribution is -0.0214. The van der Waals surface area contributed by atoms with Gasteiger partial charge in [0.15, 0.2) is 0 Å². The molecule has 2 aromatic carbocycles. The van der Waals surface area contributed by atoms with Gasteiger partial charge >= 0.3 is 0 Å². The fourth-order valence-electron chi connectivity index (χ4n) is 4.23. The number of aliphatic hydroxyl groups is 1. The Labute approximate surface area is 165 Å². The van der Waals surface area contributed by atoms with Gasteiger partial charge in [0.1, 0.15) is 11.6 Å². The summed E-state index contributed by atoms with van der Waals surface area (Å²) in [4.78, 5) is 4.43. The van der Waals surface area contributed by atoms with Gasteiger partial charge < -0.3 is 9.84 Å². The molecule has 1 aliphatic rings. The summed E-state index contributed by atoms with van der Waals surface area (Å²) in [6.45, 7) is 4.69. The Balaban J connectivity index is 1.67. The number of para-hydroxylation sites is 1. The first-order chi connectivity index (χ1) is 13.5. The SMILES string of the molecule is CC(C)C(O)(Cc1ccnc2ccccc12)CC1CCOc2ccc(F)cc21. The van der Waals surface area contributed by atoms with Gasteiger partial charge in [-0.3, -0.25) is 4.98 Å². The zero-order valence-electron chi connectivity index (χ0n) is 16.4. The fourth-order valence-corrected chi connectivity index (χ4v) is 4.23. The third-order valence-corrected chi connectivity index (χ3v) is 6.05. The number of pyridine rings is 1. The summed E-state index contributed by atoms with van der Waals surface area (Å²) in [7, 11) is 0. The predicted molar refractivity (Wildman–Crippen MR) is 109 cm³/mol. The molecule has 0 amide bonds. The highest BCUT2D eigenvalue weighted by Gasteiger charge is 2.37. The molecule has 0 aliphatic carbocycles. The Morgan fingerprint density at radius 3 is 2.86 bits per heavy atom. The molecule has 2 atom stereocenters. The van der Waals surface area contributed by atoms with Gasteiger partial charge in [-0.25, -0.2) is 4.39 Å². The van der Waals surface area contributed by atoms with Crippen LogP contribution in [0.2, 0.25) is 0 Å².